The van der Waals surface area contributed by atoms with Crippen molar-refractivity contribution in [1.82, 2.24) is 14.8 Å². The van der Waals surface area contributed by atoms with Crippen molar-refractivity contribution in [2.24, 2.45) is 7.05 Å². The number of rotatable bonds is 2. The molecule has 2 rings (SSSR count). The van der Waals surface area contributed by atoms with E-state index in [2.05, 4.69) is 10.2 Å². The summed E-state index contributed by atoms with van der Waals surface area (Å²) >= 11 is 4.81. The zero-order valence-corrected chi connectivity index (χ0v) is 9.79. The number of halogens is 2. The fraction of sp³-hybridized carbons (Fsp3) is 0.111. The third kappa shape index (κ3) is 1.78. The third-order valence-corrected chi connectivity index (χ3v) is 2.74. The smallest absolute Gasteiger partial charge is 0.303 e. The van der Waals surface area contributed by atoms with E-state index in [0.717, 1.165) is 12.1 Å². The molecule has 0 bridgehead atoms. The summed E-state index contributed by atoms with van der Waals surface area (Å²) in [4.78, 5) is 9.66. The second-order valence-electron chi connectivity index (χ2n) is 3.42. The fourth-order valence-corrected chi connectivity index (χ4v) is 1.59. The van der Waals surface area contributed by atoms with Crippen molar-refractivity contribution in [2.75, 3.05) is 0 Å². The molecule has 94 valence electrons. The molecule has 1 N–H and O–H groups in total. The van der Waals surface area contributed by atoms with Gasteiger partial charge in [-0.3, -0.25) is 15.2 Å². The van der Waals surface area contributed by atoms with Crippen LogP contribution in [0, 0.1) is 26.5 Å². The quantitative estimate of drug-likeness (QED) is 0.517. The van der Waals surface area contributed by atoms with Crippen LogP contribution in [0.25, 0.3) is 11.4 Å². The van der Waals surface area contributed by atoms with Gasteiger partial charge in [-0.25, -0.2) is 4.39 Å². The molecule has 2 aromatic rings. The monoisotopic (exact) mass is 272 g/mol. The van der Waals surface area contributed by atoms with Crippen LogP contribution in [0.3, 0.4) is 0 Å². The van der Waals surface area contributed by atoms with Crippen molar-refractivity contribution in [3.05, 3.63) is 38.7 Å². The van der Waals surface area contributed by atoms with Crippen molar-refractivity contribution in [3.8, 4) is 11.4 Å². The van der Waals surface area contributed by atoms with Crippen LogP contribution < -0.4 is 0 Å². The number of nitro groups is 1. The summed E-state index contributed by atoms with van der Waals surface area (Å²) in [5.74, 6) is -2.37. The van der Waals surface area contributed by atoms with Crippen LogP contribution in [-0.4, -0.2) is 19.7 Å². The number of nitro benzene ring substituents is 1. The van der Waals surface area contributed by atoms with Gasteiger partial charge < -0.3 is 4.57 Å². The minimum Gasteiger partial charge on any atom is -0.303 e. The molecule has 0 aliphatic rings. The van der Waals surface area contributed by atoms with Crippen LogP contribution in [-0.2, 0) is 7.05 Å². The summed E-state index contributed by atoms with van der Waals surface area (Å²) in [5, 5.41) is 16.6. The molecule has 6 nitrogen and oxygen atoms in total. The Morgan fingerprint density at radius 1 is 1.50 bits per heavy atom. The molecule has 0 unspecified atom stereocenters. The number of hydrogen-bond acceptors (Lipinski definition) is 4. The van der Waals surface area contributed by atoms with Crippen LogP contribution in [0.15, 0.2) is 12.1 Å². The second-order valence-corrected chi connectivity index (χ2v) is 3.81. The SMILES string of the molecule is Cn1c(-c2c(F)ccc([N+](=O)[O-])c2F)n[nH]c1=S. The summed E-state index contributed by atoms with van der Waals surface area (Å²) in [7, 11) is 1.44. The lowest BCUT2D eigenvalue weighted by Crippen LogP contribution is -2.01. The number of nitrogens with zero attached hydrogens (tertiary/aromatic N) is 3. The number of benzene rings is 1. The number of nitrogens with one attached hydrogen (secondary N) is 1. The highest BCUT2D eigenvalue weighted by Crippen LogP contribution is 2.30. The molecule has 0 saturated heterocycles. The normalized spacial score (nSPS) is 10.6. The lowest BCUT2D eigenvalue weighted by Gasteiger charge is -2.04. The van der Waals surface area contributed by atoms with Gasteiger partial charge in [0.25, 0.3) is 0 Å². The topological polar surface area (TPSA) is 76.8 Å². The summed E-state index contributed by atoms with van der Waals surface area (Å²) in [6.07, 6.45) is 0. The van der Waals surface area contributed by atoms with Crippen molar-refractivity contribution in [3.63, 3.8) is 0 Å². The molecule has 0 spiro atoms. The average Bonchev–Trinajstić information content (AvgIpc) is 2.61. The van der Waals surface area contributed by atoms with Crippen LogP contribution >= 0.6 is 12.2 Å². The van der Waals surface area contributed by atoms with Gasteiger partial charge in [-0.15, -0.1) is 0 Å². The van der Waals surface area contributed by atoms with E-state index in [1.165, 1.54) is 11.6 Å². The van der Waals surface area contributed by atoms with Crippen LogP contribution in [0.5, 0.6) is 0 Å². The van der Waals surface area contributed by atoms with Gasteiger partial charge in [0.05, 0.1) is 10.5 Å². The van der Waals surface area contributed by atoms with Gasteiger partial charge in [-0.1, -0.05) is 0 Å². The Bertz CT molecular complexity index is 694. The minimum absolute atomic E-state index is 0.140. The van der Waals surface area contributed by atoms with E-state index in [1.807, 2.05) is 0 Å². The van der Waals surface area contributed by atoms with E-state index in [-0.39, 0.29) is 10.6 Å². The first-order valence-corrected chi connectivity index (χ1v) is 5.08. The molecule has 0 amide bonds. The zero-order valence-electron chi connectivity index (χ0n) is 8.98. The van der Waals surface area contributed by atoms with Crippen molar-refractivity contribution >= 4 is 17.9 Å². The van der Waals surface area contributed by atoms with E-state index < -0.39 is 27.8 Å². The fourth-order valence-electron chi connectivity index (χ4n) is 1.46. The predicted octanol–water partition coefficient (Wildman–Crippen LogP) is 2.33. The summed E-state index contributed by atoms with van der Waals surface area (Å²) < 4.78 is 28.9. The molecule has 9 heteroatoms. The average molecular weight is 272 g/mol. The van der Waals surface area contributed by atoms with Gasteiger partial charge in [0, 0.05) is 13.1 Å². The first-order valence-electron chi connectivity index (χ1n) is 4.67. The highest BCUT2D eigenvalue weighted by molar-refractivity contribution is 7.71. The summed E-state index contributed by atoms with van der Waals surface area (Å²) in [5.41, 5.74) is -1.40. The first-order chi connectivity index (χ1) is 8.43. The first kappa shape index (κ1) is 12.3. The third-order valence-electron chi connectivity index (χ3n) is 2.37. The highest BCUT2D eigenvalue weighted by Gasteiger charge is 2.25. The van der Waals surface area contributed by atoms with E-state index in [9.17, 15) is 18.9 Å². The van der Waals surface area contributed by atoms with E-state index >= 15 is 0 Å². The summed E-state index contributed by atoms with van der Waals surface area (Å²) in [6, 6.07) is 1.57. The van der Waals surface area contributed by atoms with Crippen LogP contribution in [0.2, 0.25) is 0 Å². The Morgan fingerprint density at radius 2 is 2.17 bits per heavy atom. The van der Waals surface area contributed by atoms with Crippen LogP contribution in [0.1, 0.15) is 0 Å². The zero-order chi connectivity index (χ0) is 13.4. The number of aromatic amines is 1. The lowest BCUT2D eigenvalue weighted by molar-refractivity contribution is -0.387. The molecule has 1 heterocycles. The molecule has 0 saturated carbocycles. The van der Waals surface area contributed by atoms with E-state index in [0.29, 0.717) is 0 Å². The predicted molar refractivity (Wildman–Crippen MR) is 60.4 cm³/mol. The molecule has 0 atom stereocenters. The Morgan fingerprint density at radius 3 is 2.67 bits per heavy atom. The number of hydrogen-bond donors (Lipinski definition) is 1. The van der Waals surface area contributed by atoms with Gasteiger partial charge in [0.2, 0.25) is 5.82 Å². The molecular formula is C9H6F2N4O2S. The maximum Gasteiger partial charge on any atom is 0.305 e. The van der Waals surface area contributed by atoms with E-state index in [1.54, 1.807) is 0 Å². The molecule has 0 aliphatic heterocycles. The standard InChI is InChI=1S/C9H6F2N4O2S/c1-14-8(12-13-9(14)18)6-4(10)2-3-5(7(6)11)15(16)17/h2-3H,1H3,(H,13,18). The molecule has 18 heavy (non-hydrogen) atoms. The highest BCUT2D eigenvalue weighted by atomic mass is 32.1. The van der Waals surface area contributed by atoms with Gasteiger partial charge in [0.1, 0.15) is 5.82 Å². The molecule has 1 aromatic carbocycles. The maximum absolute atomic E-state index is 13.9. The van der Waals surface area contributed by atoms with Crippen molar-refractivity contribution in [2.45, 2.75) is 0 Å². The van der Waals surface area contributed by atoms with Gasteiger partial charge in [-0.2, -0.15) is 9.49 Å². The Labute approximate surface area is 104 Å². The summed E-state index contributed by atoms with van der Waals surface area (Å²) in [6.45, 7) is 0. The van der Waals surface area contributed by atoms with Gasteiger partial charge in [0.15, 0.2) is 10.6 Å². The Balaban J connectivity index is 2.79. The molecular weight excluding hydrogens is 266 g/mol. The van der Waals surface area contributed by atoms with Crippen molar-refractivity contribution < 1.29 is 13.7 Å². The molecule has 0 radical (unpaired) electrons. The number of aromatic nitrogens is 3. The van der Waals surface area contributed by atoms with Crippen LogP contribution in [0.4, 0.5) is 14.5 Å². The number of H-pyrrole nitrogens is 1. The molecule has 0 aliphatic carbocycles. The van der Waals surface area contributed by atoms with Gasteiger partial charge in [-0.05, 0) is 18.3 Å². The Hall–Kier alpha value is -2.16. The maximum atomic E-state index is 13.9. The molecule has 0 fully saturated rings. The minimum atomic E-state index is -1.28. The molecule has 1 aromatic heterocycles. The lowest BCUT2D eigenvalue weighted by atomic mass is 10.1. The van der Waals surface area contributed by atoms with Gasteiger partial charge >= 0.3 is 5.69 Å². The van der Waals surface area contributed by atoms with Crippen molar-refractivity contribution in [1.29, 1.82) is 0 Å². The van der Waals surface area contributed by atoms with E-state index in [4.69, 9.17) is 12.2 Å². The Kier molecular flexibility index (Phi) is 2.91. The second kappa shape index (κ2) is 4.26. The largest absolute Gasteiger partial charge is 0.305 e.